The number of carbonyl (C=O) groups is 1. The molecule has 0 bridgehead atoms. The molecule has 6 nitrogen and oxygen atoms in total. The average Bonchev–Trinajstić information content (AvgIpc) is 3.13. The number of methoxy groups -OCH3 is 1. The zero-order valence-electron chi connectivity index (χ0n) is 18.5. The van der Waals surface area contributed by atoms with E-state index in [1.807, 2.05) is 4.90 Å². The highest BCUT2D eigenvalue weighted by Crippen LogP contribution is 2.39. The van der Waals surface area contributed by atoms with Crippen LogP contribution in [0.3, 0.4) is 0 Å². The molecule has 33 heavy (non-hydrogen) atoms. The van der Waals surface area contributed by atoms with Gasteiger partial charge in [0.25, 0.3) is 5.91 Å². The molecule has 4 rings (SSSR count). The molecule has 1 aromatic heterocycles. The second-order valence-corrected chi connectivity index (χ2v) is 8.96. The number of nitrogens with one attached hydrogen (secondary N) is 2. The molecule has 0 spiro atoms. The van der Waals surface area contributed by atoms with Crippen molar-refractivity contribution >= 4 is 28.2 Å². The van der Waals surface area contributed by atoms with Crippen molar-refractivity contribution in [3.05, 3.63) is 63.9 Å². The third-order valence-electron chi connectivity index (χ3n) is 5.93. The van der Waals surface area contributed by atoms with E-state index in [1.165, 1.54) is 25.4 Å². The Morgan fingerprint density at radius 3 is 2.58 bits per heavy atom. The first kappa shape index (κ1) is 22.7. The van der Waals surface area contributed by atoms with E-state index in [9.17, 15) is 22.8 Å². The van der Waals surface area contributed by atoms with Crippen molar-refractivity contribution < 1.29 is 22.7 Å². The van der Waals surface area contributed by atoms with Gasteiger partial charge in [0.1, 0.15) is 11.3 Å². The molecule has 1 aliphatic heterocycles. The highest BCUT2D eigenvalue weighted by molar-refractivity contribution is 6.06. The van der Waals surface area contributed by atoms with Gasteiger partial charge in [-0.2, -0.15) is 13.2 Å². The molecule has 1 fully saturated rings. The lowest BCUT2D eigenvalue weighted by molar-refractivity contribution is -0.136. The van der Waals surface area contributed by atoms with E-state index in [2.05, 4.69) is 24.1 Å². The van der Waals surface area contributed by atoms with Gasteiger partial charge < -0.3 is 19.9 Å². The largest absolute Gasteiger partial charge is 0.497 e. The lowest BCUT2D eigenvalue weighted by Gasteiger charge is -2.23. The van der Waals surface area contributed by atoms with E-state index in [4.69, 9.17) is 4.74 Å². The Balaban J connectivity index is 1.68. The number of alkyl halides is 3. The maximum absolute atomic E-state index is 13.8. The van der Waals surface area contributed by atoms with Crippen LogP contribution < -0.4 is 20.4 Å². The minimum Gasteiger partial charge on any atom is -0.497 e. The smallest absolute Gasteiger partial charge is 0.418 e. The molecular formula is C24H24F3N3O3. The van der Waals surface area contributed by atoms with Gasteiger partial charge in [0, 0.05) is 35.9 Å². The predicted octanol–water partition coefficient (Wildman–Crippen LogP) is 5.04. The normalized spacial score (nSPS) is 15.6. The summed E-state index contributed by atoms with van der Waals surface area (Å²) in [5, 5.41) is 2.47. The number of nitrogens with zero attached hydrogens (tertiary/aromatic N) is 1. The molecule has 3 aromatic rings. The lowest BCUT2D eigenvalue weighted by atomic mass is 9.93. The number of aromatic amines is 1. The van der Waals surface area contributed by atoms with Crippen molar-refractivity contribution in [2.45, 2.75) is 26.4 Å². The molecule has 0 saturated carbocycles. The third-order valence-corrected chi connectivity index (χ3v) is 5.93. The Labute approximate surface area is 188 Å². The van der Waals surface area contributed by atoms with Gasteiger partial charge in [-0.25, -0.2) is 0 Å². The van der Waals surface area contributed by atoms with Crippen molar-refractivity contribution in [1.29, 1.82) is 0 Å². The van der Waals surface area contributed by atoms with Crippen LogP contribution in [0.5, 0.6) is 5.75 Å². The standard InChI is InChI=1S/C24H24F3N3O3/c1-23(2)8-9-30(13-23)14-4-6-20(18(10-14)24(25,26)27)29-22(32)17-12-28-19-7-5-15(33-3)11-16(19)21(17)31/h4-7,10-12H,8-9,13H2,1-3H3,(H,28,31)(H,29,32). The first-order chi connectivity index (χ1) is 15.5. The van der Waals surface area contributed by atoms with E-state index >= 15 is 0 Å². The van der Waals surface area contributed by atoms with Gasteiger partial charge in [0.15, 0.2) is 0 Å². The third kappa shape index (κ3) is 4.53. The fourth-order valence-electron chi connectivity index (χ4n) is 4.09. The number of pyridine rings is 1. The number of benzene rings is 2. The number of carbonyl (C=O) groups excluding carboxylic acids is 1. The zero-order chi connectivity index (χ0) is 24.0. The molecule has 2 aromatic carbocycles. The number of amides is 1. The molecule has 174 valence electrons. The van der Waals surface area contributed by atoms with Gasteiger partial charge in [-0.05, 0) is 48.2 Å². The summed E-state index contributed by atoms with van der Waals surface area (Å²) in [6.07, 6.45) is -2.61. The van der Waals surface area contributed by atoms with Gasteiger partial charge in [-0.3, -0.25) is 9.59 Å². The minimum absolute atomic E-state index is 0.0189. The molecule has 1 aliphatic rings. The number of hydrogen-bond acceptors (Lipinski definition) is 4. The van der Waals surface area contributed by atoms with Crippen LogP contribution in [0.15, 0.2) is 47.4 Å². The molecule has 2 heterocycles. The second kappa shape index (κ2) is 8.13. The van der Waals surface area contributed by atoms with Crippen molar-refractivity contribution in [2.24, 2.45) is 5.41 Å². The predicted molar refractivity (Wildman–Crippen MR) is 121 cm³/mol. The second-order valence-electron chi connectivity index (χ2n) is 8.96. The summed E-state index contributed by atoms with van der Waals surface area (Å²) in [6.45, 7) is 5.45. The highest BCUT2D eigenvalue weighted by atomic mass is 19.4. The molecule has 1 saturated heterocycles. The summed E-state index contributed by atoms with van der Waals surface area (Å²) >= 11 is 0. The minimum atomic E-state index is -4.68. The van der Waals surface area contributed by atoms with Crippen LogP contribution in [0.4, 0.5) is 24.5 Å². The summed E-state index contributed by atoms with van der Waals surface area (Å²) < 4.78 is 46.6. The summed E-state index contributed by atoms with van der Waals surface area (Å²) in [4.78, 5) is 30.4. The summed E-state index contributed by atoms with van der Waals surface area (Å²) in [5.41, 5.74) is -1.33. The van der Waals surface area contributed by atoms with Gasteiger partial charge in [0.2, 0.25) is 5.43 Å². The number of fused-ring (bicyclic) bond motifs is 1. The van der Waals surface area contributed by atoms with Crippen molar-refractivity contribution in [3.8, 4) is 5.75 Å². The maximum atomic E-state index is 13.8. The maximum Gasteiger partial charge on any atom is 0.418 e. The quantitative estimate of drug-likeness (QED) is 0.573. The number of anilines is 2. The Morgan fingerprint density at radius 1 is 1.18 bits per heavy atom. The van der Waals surface area contributed by atoms with Gasteiger partial charge >= 0.3 is 6.18 Å². The van der Waals surface area contributed by atoms with E-state index in [0.29, 0.717) is 30.0 Å². The topological polar surface area (TPSA) is 74.4 Å². The number of hydrogen-bond donors (Lipinski definition) is 2. The first-order valence-corrected chi connectivity index (χ1v) is 10.5. The SMILES string of the molecule is COc1ccc2[nH]cc(C(=O)Nc3ccc(N4CCC(C)(C)C4)cc3C(F)(F)F)c(=O)c2c1. The summed E-state index contributed by atoms with van der Waals surface area (Å²) in [6, 6.07) is 8.58. The van der Waals surface area contributed by atoms with Crippen LogP contribution in [0, 0.1) is 5.41 Å². The van der Waals surface area contributed by atoms with Gasteiger partial charge in [0.05, 0.1) is 18.4 Å². The average molecular weight is 459 g/mol. The van der Waals surface area contributed by atoms with Gasteiger partial charge in [-0.1, -0.05) is 13.8 Å². The monoisotopic (exact) mass is 459 g/mol. The van der Waals surface area contributed by atoms with E-state index in [1.54, 1.807) is 18.2 Å². The van der Waals surface area contributed by atoms with Crippen LogP contribution in [0.25, 0.3) is 10.9 Å². The number of aromatic nitrogens is 1. The molecule has 0 unspecified atom stereocenters. The number of ether oxygens (including phenoxy) is 1. The van der Waals surface area contributed by atoms with Gasteiger partial charge in [-0.15, -0.1) is 0 Å². The Morgan fingerprint density at radius 2 is 1.94 bits per heavy atom. The van der Waals surface area contributed by atoms with Crippen molar-refractivity contribution in [2.75, 3.05) is 30.4 Å². The van der Waals surface area contributed by atoms with Crippen LogP contribution >= 0.6 is 0 Å². The molecule has 0 radical (unpaired) electrons. The van der Waals surface area contributed by atoms with E-state index < -0.39 is 28.8 Å². The first-order valence-electron chi connectivity index (χ1n) is 10.5. The lowest BCUT2D eigenvalue weighted by Crippen LogP contribution is -2.25. The van der Waals surface area contributed by atoms with Crippen molar-refractivity contribution in [3.63, 3.8) is 0 Å². The Bertz CT molecular complexity index is 1280. The molecule has 9 heteroatoms. The van der Waals surface area contributed by atoms with Crippen molar-refractivity contribution in [1.82, 2.24) is 4.98 Å². The molecule has 2 N–H and O–H groups in total. The molecule has 1 amide bonds. The highest BCUT2D eigenvalue weighted by Gasteiger charge is 2.36. The fraction of sp³-hybridized carbons (Fsp3) is 0.333. The Hall–Kier alpha value is -3.49. The number of H-pyrrole nitrogens is 1. The summed E-state index contributed by atoms with van der Waals surface area (Å²) in [7, 11) is 1.44. The van der Waals surface area contributed by atoms with Crippen LogP contribution in [0.1, 0.15) is 36.2 Å². The van der Waals surface area contributed by atoms with Crippen LogP contribution in [0.2, 0.25) is 0 Å². The van der Waals surface area contributed by atoms with E-state index in [0.717, 1.165) is 12.5 Å². The van der Waals surface area contributed by atoms with E-state index in [-0.39, 0.29) is 16.4 Å². The van der Waals surface area contributed by atoms with Crippen LogP contribution in [-0.4, -0.2) is 31.1 Å². The molecular weight excluding hydrogens is 435 g/mol. The number of rotatable bonds is 4. The molecule has 0 atom stereocenters. The zero-order valence-corrected chi connectivity index (χ0v) is 18.5. The van der Waals surface area contributed by atoms with Crippen LogP contribution in [-0.2, 0) is 6.18 Å². The fourth-order valence-corrected chi connectivity index (χ4v) is 4.09. The Kier molecular flexibility index (Phi) is 5.59. The molecule has 0 aliphatic carbocycles. The number of halogens is 3. The summed E-state index contributed by atoms with van der Waals surface area (Å²) in [5.74, 6) is -0.507.